The van der Waals surface area contributed by atoms with Gasteiger partial charge in [-0.1, -0.05) is 42.5 Å². The second-order valence-electron chi connectivity index (χ2n) is 7.99. The SMILES string of the molecule is COCc1cc(CN2Cc3ccccc3C2)ccc1OCc1ccc(S(C)(=O)=O)cc1. The lowest BCUT2D eigenvalue weighted by Crippen LogP contribution is -2.15. The summed E-state index contributed by atoms with van der Waals surface area (Å²) in [5.41, 5.74) is 5.95. The summed E-state index contributed by atoms with van der Waals surface area (Å²) in [7, 11) is -1.52. The maximum atomic E-state index is 11.6. The molecule has 1 aliphatic rings. The van der Waals surface area contributed by atoms with E-state index in [4.69, 9.17) is 9.47 Å². The molecule has 4 rings (SSSR count). The fourth-order valence-electron chi connectivity index (χ4n) is 3.91. The van der Waals surface area contributed by atoms with E-state index in [2.05, 4.69) is 41.3 Å². The Morgan fingerprint density at radius 2 is 1.52 bits per heavy atom. The molecule has 0 saturated carbocycles. The number of nitrogens with zero attached hydrogens (tertiary/aromatic N) is 1. The predicted octanol–water partition coefficient (Wildman–Crippen LogP) is 4.33. The van der Waals surface area contributed by atoms with Crippen molar-refractivity contribution in [2.75, 3.05) is 13.4 Å². The molecule has 0 N–H and O–H groups in total. The van der Waals surface area contributed by atoms with E-state index < -0.39 is 9.84 Å². The van der Waals surface area contributed by atoms with Crippen LogP contribution in [0.1, 0.15) is 27.8 Å². The number of hydrogen-bond acceptors (Lipinski definition) is 5. The minimum Gasteiger partial charge on any atom is -0.489 e. The molecule has 0 aliphatic carbocycles. The molecule has 0 radical (unpaired) electrons. The van der Waals surface area contributed by atoms with Crippen LogP contribution in [0.3, 0.4) is 0 Å². The first-order chi connectivity index (χ1) is 14.9. The van der Waals surface area contributed by atoms with Gasteiger partial charge in [-0.05, 0) is 46.5 Å². The summed E-state index contributed by atoms with van der Waals surface area (Å²) in [6, 6.07) is 21.6. The Balaban J connectivity index is 1.42. The zero-order chi connectivity index (χ0) is 21.8. The highest BCUT2D eigenvalue weighted by Gasteiger charge is 2.18. The van der Waals surface area contributed by atoms with Gasteiger partial charge < -0.3 is 9.47 Å². The van der Waals surface area contributed by atoms with Crippen molar-refractivity contribution in [3.8, 4) is 5.75 Å². The van der Waals surface area contributed by atoms with Crippen molar-refractivity contribution < 1.29 is 17.9 Å². The van der Waals surface area contributed by atoms with Crippen molar-refractivity contribution >= 4 is 9.84 Å². The van der Waals surface area contributed by atoms with Crippen LogP contribution in [0.5, 0.6) is 5.75 Å². The van der Waals surface area contributed by atoms with Gasteiger partial charge in [-0.2, -0.15) is 0 Å². The van der Waals surface area contributed by atoms with Crippen LogP contribution in [0.4, 0.5) is 0 Å². The first-order valence-electron chi connectivity index (χ1n) is 10.2. The average molecular weight is 438 g/mol. The van der Waals surface area contributed by atoms with Crippen LogP contribution in [0.25, 0.3) is 0 Å². The molecular weight excluding hydrogens is 410 g/mol. The van der Waals surface area contributed by atoms with E-state index in [0.29, 0.717) is 18.1 Å². The summed E-state index contributed by atoms with van der Waals surface area (Å²) in [6.45, 7) is 3.64. The van der Waals surface area contributed by atoms with Crippen LogP contribution < -0.4 is 4.74 Å². The molecule has 5 nitrogen and oxygen atoms in total. The van der Waals surface area contributed by atoms with E-state index in [0.717, 1.165) is 36.5 Å². The molecular formula is C25H27NO4S. The monoisotopic (exact) mass is 437 g/mol. The minimum atomic E-state index is -3.19. The molecule has 0 saturated heterocycles. The summed E-state index contributed by atoms with van der Waals surface area (Å²) >= 11 is 0. The molecule has 162 valence electrons. The van der Waals surface area contributed by atoms with Gasteiger partial charge in [0.15, 0.2) is 9.84 Å². The largest absolute Gasteiger partial charge is 0.489 e. The van der Waals surface area contributed by atoms with Crippen molar-refractivity contribution in [3.63, 3.8) is 0 Å². The van der Waals surface area contributed by atoms with E-state index in [-0.39, 0.29) is 0 Å². The third-order valence-electron chi connectivity index (χ3n) is 5.48. The zero-order valence-corrected chi connectivity index (χ0v) is 18.7. The Morgan fingerprint density at radius 1 is 0.871 bits per heavy atom. The van der Waals surface area contributed by atoms with Crippen LogP contribution in [-0.4, -0.2) is 26.7 Å². The molecule has 1 heterocycles. The van der Waals surface area contributed by atoms with Gasteiger partial charge in [0.05, 0.1) is 11.5 Å². The normalized spacial score (nSPS) is 13.9. The van der Waals surface area contributed by atoms with Crippen molar-refractivity contribution in [2.45, 2.75) is 37.7 Å². The molecule has 1 aliphatic heterocycles. The number of sulfone groups is 1. The van der Waals surface area contributed by atoms with Gasteiger partial charge in [0, 0.05) is 38.6 Å². The molecule has 0 spiro atoms. The Hall–Kier alpha value is -2.67. The lowest BCUT2D eigenvalue weighted by Gasteiger charge is -2.17. The summed E-state index contributed by atoms with van der Waals surface area (Å²) in [4.78, 5) is 2.74. The van der Waals surface area contributed by atoms with Crippen LogP contribution >= 0.6 is 0 Å². The van der Waals surface area contributed by atoms with Crippen LogP contribution in [0.2, 0.25) is 0 Å². The molecule has 0 atom stereocenters. The second kappa shape index (κ2) is 9.22. The molecule has 0 unspecified atom stereocenters. The Kier molecular flexibility index (Phi) is 6.41. The molecule has 31 heavy (non-hydrogen) atoms. The Bertz CT molecular complexity index is 1130. The van der Waals surface area contributed by atoms with Gasteiger partial charge in [0.2, 0.25) is 0 Å². The number of benzene rings is 3. The van der Waals surface area contributed by atoms with E-state index in [9.17, 15) is 8.42 Å². The highest BCUT2D eigenvalue weighted by atomic mass is 32.2. The summed E-state index contributed by atoms with van der Waals surface area (Å²) in [5, 5.41) is 0. The highest BCUT2D eigenvalue weighted by molar-refractivity contribution is 7.90. The van der Waals surface area contributed by atoms with Crippen LogP contribution in [0, 0.1) is 0 Å². The maximum absolute atomic E-state index is 11.6. The van der Waals surface area contributed by atoms with Crippen molar-refractivity contribution in [3.05, 3.63) is 94.5 Å². The topological polar surface area (TPSA) is 55.8 Å². The van der Waals surface area contributed by atoms with Gasteiger partial charge in [0.1, 0.15) is 12.4 Å². The zero-order valence-electron chi connectivity index (χ0n) is 17.9. The van der Waals surface area contributed by atoms with E-state index >= 15 is 0 Å². The molecule has 3 aromatic carbocycles. The standard InChI is InChI=1S/C25H27NO4S/c1-29-18-23-13-20(14-26-15-21-5-3-4-6-22(21)16-26)9-12-25(23)30-17-19-7-10-24(11-8-19)31(2,27)28/h3-13H,14-18H2,1-2H3. The summed E-state index contributed by atoms with van der Waals surface area (Å²) < 4.78 is 34.6. The number of methoxy groups -OCH3 is 1. The molecule has 6 heteroatoms. The van der Waals surface area contributed by atoms with Crippen molar-refractivity contribution in [1.82, 2.24) is 4.90 Å². The van der Waals surface area contributed by atoms with E-state index in [1.807, 2.05) is 6.07 Å². The van der Waals surface area contributed by atoms with E-state index in [1.165, 1.54) is 22.9 Å². The van der Waals surface area contributed by atoms with Gasteiger partial charge in [-0.3, -0.25) is 4.90 Å². The number of rotatable bonds is 8. The molecule has 0 amide bonds. The quantitative estimate of drug-likeness (QED) is 0.525. The smallest absolute Gasteiger partial charge is 0.175 e. The fourth-order valence-corrected chi connectivity index (χ4v) is 4.54. The van der Waals surface area contributed by atoms with Crippen molar-refractivity contribution in [2.24, 2.45) is 0 Å². The molecule has 0 bridgehead atoms. The third-order valence-corrected chi connectivity index (χ3v) is 6.61. The fraction of sp³-hybridized carbons (Fsp3) is 0.280. The van der Waals surface area contributed by atoms with Crippen LogP contribution in [-0.2, 0) is 47.4 Å². The molecule has 3 aromatic rings. The minimum absolute atomic E-state index is 0.310. The second-order valence-corrected chi connectivity index (χ2v) is 10.0. The first-order valence-corrected chi connectivity index (χ1v) is 12.1. The Morgan fingerprint density at radius 3 is 2.13 bits per heavy atom. The Labute approximate surface area is 184 Å². The number of ether oxygens (including phenoxy) is 2. The van der Waals surface area contributed by atoms with Gasteiger partial charge >= 0.3 is 0 Å². The lowest BCUT2D eigenvalue weighted by molar-refractivity contribution is 0.179. The third kappa shape index (κ3) is 5.34. The van der Waals surface area contributed by atoms with Crippen molar-refractivity contribution in [1.29, 1.82) is 0 Å². The van der Waals surface area contributed by atoms with Gasteiger partial charge in [-0.25, -0.2) is 8.42 Å². The van der Waals surface area contributed by atoms with Crippen LogP contribution in [0.15, 0.2) is 71.6 Å². The number of fused-ring (bicyclic) bond motifs is 1. The number of hydrogen-bond donors (Lipinski definition) is 0. The highest BCUT2D eigenvalue weighted by Crippen LogP contribution is 2.27. The average Bonchev–Trinajstić information content (AvgIpc) is 3.15. The molecule has 0 aromatic heterocycles. The first kappa shape index (κ1) is 21.6. The lowest BCUT2D eigenvalue weighted by atomic mass is 10.1. The molecule has 0 fully saturated rings. The summed E-state index contributed by atoms with van der Waals surface area (Å²) in [6.07, 6.45) is 1.21. The van der Waals surface area contributed by atoms with Gasteiger partial charge in [0.25, 0.3) is 0 Å². The maximum Gasteiger partial charge on any atom is 0.175 e. The summed E-state index contributed by atoms with van der Waals surface area (Å²) in [5.74, 6) is 0.780. The van der Waals surface area contributed by atoms with Gasteiger partial charge in [-0.15, -0.1) is 0 Å². The predicted molar refractivity (Wildman–Crippen MR) is 120 cm³/mol. The van der Waals surface area contributed by atoms with E-state index in [1.54, 1.807) is 31.4 Å².